The molecule has 2 saturated heterocycles. The SMILES string of the molecule is CC(C)[C@@H]1C[C@@H](CC(=O)N(C2CC2)[C@H]2CC(=O)NC2=O)CCO1. The van der Waals surface area contributed by atoms with Gasteiger partial charge in [-0.15, -0.1) is 0 Å². The van der Waals surface area contributed by atoms with Gasteiger partial charge < -0.3 is 9.64 Å². The number of rotatable bonds is 5. The molecule has 2 aliphatic heterocycles. The molecule has 0 unspecified atom stereocenters. The van der Waals surface area contributed by atoms with Crippen molar-refractivity contribution in [1.29, 1.82) is 0 Å². The number of carbonyl (C=O) groups excluding carboxylic acids is 3. The second kappa shape index (κ2) is 6.59. The Morgan fingerprint density at radius 1 is 1.30 bits per heavy atom. The Hall–Kier alpha value is -1.43. The fourth-order valence-electron chi connectivity index (χ4n) is 3.65. The van der Waals surface area contributed by atoms with Crippen molar-refractivity contribution in [3.63, 3.8) is 0 Å². The van der Waals surface area contributed by atoms with Crippen LogP contribution in [0.5, 0.6) is 0 Å². The van der Waals surface area contributed by atoms with Gasteiger partial charge in [0.25, 0.3) is 0 Å². The van der Waals surface area contributed by atoms with Crippen molar-refractivity contribution in [3.05, 3.63) is 0 Å². The molecule has 0 spiro atoms. The predicted octanol–water partition coefficient (Wildman–Crippen LogP) is 1.23. The van der Waals surface area contributed by atoms with Crippen LogP contribution in [0.3, 0.4) is 0 Å². The van der Waals surface area contributed by atoms with Crippen molar-refractivity contribution < 1.29 is 19.1 Å². The van der Waals surface area contributed by atoms with Crippen LogP contribution in [-0.2, 0) is 19.1 Å². The number of ether oxygens (including phenoxy) is 1. The third-order valence-corrected chi connectivity index (χ3v) is 5.14. The molecule has 2 heterocycles. The first kappa shape index (κ1) is 16.4. The zero-order chi connectivity index (χ0) is 16.6. The summed E-state index contributed by atoms with van der Waals surface area (Å²) in [6.07, 6.45) is 4.45. The van der Waals surface area contributed by atoms with Gasteiger partial charge in [-0.05, 0) is 37.5 Å². The lowest BCUT2D eigenvalue weighted by Gasteiger charge is -2.34. The highest BCUT2D eigenvalue weighted by atomic mass is 16.5. The van der Waals surface area contributed by atoms with E-state index in [1.807, 2.05) is 0 Å². The van der Waals surface area contributed by atoms with Gasteiger partial charge in [0.2, 0.25) is 17.7 Å². The number of hydrogen-bond donors (Lipinski definition) is 1. The minimum atomic E-state index is -0.594. The number of carbonyl (C=O) groups is 3. The Morgan fingerprint density at radius 2 is 2.04 bits per heavy atom. The maximum absolute atomic E-state index is 12.8. The van der Waals surface area contributed by atoms with E-state index >= 15 is 0 Å². The van der Waals surface area contributed by atoms with Crippen molar-refractivity contribution in [2.24, 2.45) is 11.8 Å². The van der Waals surface area contributed by atoms with E-state index in [0.717, 1.165) is 25.7 Å². The Labute approximate surface area is 136 Å². The van der Waals surface area contributed by atoms with Gasteiger partial charge in [0, 0.05) is 19.1 Å². The highest BCUT2D eigenvalue weighted by Gasteiger charge is 2.45. The molecule has 6 heteroatoms. The molecule has 3 atom stereocenters. The van der Waals surface area contributed by atoms with Gasteiger partial charge in [-0.25, -0.2) is 0 Å². The van der Waals surface area contributed by atoms with Crippen molar-refractivity contribution in [2.75, 3.05) is 6.61 Å². The molecule has 128 valence electrons. The Bertz CT molecular complexity index is 501. The molecule has 0 aromatic rings. The fourth-order valence-corrected chi connectivity index (χ4v) is 3.65. The molecule has 23 heavy (non-hydrogen) atoms. The fraction of sp³-hybridized carbons (Fsp3) is 0.824. The molecule has 0 radical (unpaired) electrons. The Balaban J connectivity index is 1.63. The van der Waals surface area contributed by atoms with Crippen molar-refractivity contribution in [1.82, 2.24) is 10.2 Å². The molecule has 1 aliphatic carbocycles. The molecule has 3 rings (SSSR count). The summed E-state index contributed by atoms with van der Waals surface area (Å²) in [5.41, 5.74) is 0. The van der Waals surface area contributed by atoms with Crippen LogP contribution in [0, 0.1) is 11.8 Å². The van der Waals surface area contributed by atoms with Crippen LogP contribution in [0.25, 0.3) is 0 Å². The van der Waals surface area contributed by atoms with Gasteiger partial charge >= 0.3 is 0 Å². The largest absolute Gasteiger partial charge is 0.378 e. The Morgan fingerprint density at radius 3 is 2.61 bits per heavy atom. The lowest BCUT2D eigenvalue weighted by molar-refractivity contribution is -0.141. The molecule has 0 bridgehead atoms. The summed E-state index contributed by atoms with van der Waals surface area (Å²) >= 11 is 0. The lowest BCUT2D eigenvalue weighted by atomic mass is 9.87. The topological polar surface area (TPSA) is 75.7 Å². The molecule has 1 N–H and O–H groups in total. The van der Waals surface area contributed by atoms with E-state index in [-0.39, 0.29) is 36.3 Å². The monoisotopic (exact) mass is 322 g/mol. The molecule has 3 fully saturated rings. The summed E-state index contributed by atoms with van der Waals surface area (Å²) in [6, 6.07) is -0.451. The van der Waals surface area contributed by atoms with E-state index in [9.17, 15) is 14.4 Å². The number of nitrogens with zero attached hydrogens (tertiary/aromatic N) is 1. The van der Waals surface area contributed by atoms with Crippen LogP contribution >= 0.6 is 0 Å². The second-order valence-corrected chi connectivity index (χ2v) is 7.41. The number of amides is 3. The van der Waals surface area contributed by atoms with Crippen LogP contribution in [0.4, 0.5) is 0 Å². The summed E-state index contributed by atoms with van der Waals surface area (Å²) in [4.78, 5) is 37.9. The standard InChI is InChI=1S/C17H26N2O4/c1-10(2)14-7-11(5-6-23-14)8-16(21)19(12-3-4-12)13-9-15(20)18-17(13)22/h10-14H,3-9H2,1-2H3,(H,18,20,22)/t11-,13-,14-/m0/s1. The van der Waals surface area contributed by atoms with E-state index in [1.54, 1.807) is 4.90 Å². The summed E-state index contributed by atoms with van der Waals surface area (Å²) in [7, 11) is 0. The summed E-state index contributed by atoms with van der Waals surface area (Å²) < 4.78 is 5.77. The quantitative estimate of drug-likeness (QED) is 0.773. The smallest absolute Gasteiger partial charge is 0.249 e. The molecule has 6 nitrogen and oxygen atoms in total. The van der Waals surface area contributed by atoms with E-state index in [1.165, 1.54) is 0 Å². The molecule has 0 aromatic carbocycles. The van der Waals surface area contributed by atoms with Gasteiger partial charge in [0.05, 0.1) is 12.5 Å². The zero-order valence-electron chi connectivity index (χ0n) is 13.9. The molecular weight excluding hydrogens is 296 g/mol. The highest BCUT2D eigenvalue weighted by molar-refractivity contribution is 6.06. The first-order valence-electron chi connectivity index (χ1n) is 8.72. The number of imide groups is 1. The molecule has 3 aliphatic rings. The second-order valence-electron chi connectivity index (χ2n) is 7.41. The van der Waals surface area contributed by atoms with Gasteiger partial charge in [-0.1, -0.05) is 13.8 Å². The van der Waals surface area contributed by atoms with E-state index in [0.29, 0.717) is 24.9 Å². The molecule has 1 saturated carbocycles. The van der Waals surface area contributed by atoms with E-state index in [4.69, 9.17) is 4.74 Å². The van der Waals surface area contributed by atoms with E-state index < -0.39 is 6.04 Å². The van der Waals surface area contributed by atoms with E-state index in [2.05, 4.69) is 19.2 Å². The maximum Gasteiger partial charge on any atom is 0.249 e. The van der Waals surface area contributed by atoms with Crippen LogP contribution in [-0.4, -0.2) is 47.4 Å². The third-order valence-electron chi connectivity index (χ3n) is 5.14. The molecular formula is C17H26N2O4. The summed E-state index contributed by atoms with van der Waals surface area (Å²) in [5.74, 6) is 0.194. The predicted molar refractivity (Wildman–Crippen MR) is 83.3 cm³/mol. The third kappa shape index (κ3) is 3.74. The Kier molecular flexibility index (Phi) is 4.71. The van der Waals surface area contributed by atoms with Crippen LogP contribution < -0.4 is 5.32 Å². The van der Waals surface area contributed by atoms with Crippen molar-refractivity contribution >= 4 is 17.7 Å². The van der Waals surface area contributed by atoms with Crippen molar-refractivity contribution in [3.8, 4) is 0 Å². The normalized spacial score (nSPS) is 31.3. The van der Waals surface area contributed by atoms with Gasteiger partial charge in [0.15, 0.2) is 0 Å². The lowest BCUT2D eigenvalue weighted by Crippen LogP contribution is -2.46. The first-order chi connectivity index (χ1) is 11.0. The molecule has 0 aromatic heterocycles. The average molecular weight is 322 g/mol. The van der Waals surface area contributed by atoms with Crippen LogP contribution in [0.1, 0.15) is 52.4 Å². The summed E-state index contributed by atoms with van der Waals surface area (Å²) in [6.45, 7) is 4.98. The number of hydrogen-bond acceptors (Lipinski definition) is 4. The minimum absolute atomic E-state index is 0.0248. The zero-order valence-corrected chi connectivity index (χ0v) is 13.9. The first-order valence-corrected chi connectivity index (χ1v) is 8.72. The average Bonchev–Trinajstić information content (AvgIpc) is 3.25. The molecule has 3 amide bonds. The minimum Gasteiger partial charge on any atom is -0.378 e. The van der Waals surface area contributed by atoms with Crippen molar-refractivity contribution in [2.45, 2.75) is 70.6 Å². The van der Waals surface area contributed by atoms with Gasteiger partial charge in [0.1, 0.15) is 6.04 Å². The van der Waals surface area contributed by atoms with Crippen LogP contribution in [0.2, 0.25) is 0 Å². The van der Waals surface area contributed by atoms with Crippen LogP contribution in [0.15, 0.2) is 0 Å². The number of nitrogens with one attached hydrogen (secondary N) is 1. The summed E-state index contributed by atoms with van der Waals surface area (Å²) in [5, 5.41) is 2.32. The van der Waals surface area contributed by atoms with Gasteiger partial charge in [-0.3, -0.25) is 19.7 Å². The van der Waals surface area contributed by atoms with Gasteiger partial charge in [-0.2, -0.15) is 0 Å². The maximum atomic E-state index is 12.8. The highest BCUT2D eigenvalue weighted by Crippen LogP contribution is 2.34.